The molecule has 0 aliphatic rings. The summed E-state index contributed by atoms with van der Waals surface area (Å²) in [4.78, 5) is 36.4. The number of nitrogens with one attached hydrogen (secondary N) is 2. The molecule has 0 unspecified atom stereocenters. The van der Waals surface area contributed by atoms with Gasteiger partial charge < -0.3 is 20.1 Å². The first-order valence-corrected chi connectivity index (χ1v) is 10.7. The van der Waals surface area contributed by atoms with Gasteiger partial charge in [0, 0.05) is 34.9 Å². The van der Waals surface area contributed by atoms with Crippen molar-refractivity contribution in [3.63, 3.8) is 0 Å². The second kappa shape index (κ2) is 11.0. The number of anilines is 2. The molecule has 2 N–H and O–H groups in total. The Morgan fingerprint density at radius 2 is 1.41 bits per heavy atom. The quantitative estimate of drug-likeness (QED) is 0.332. The number of hydrogen-bond donors (Lipinski definition) is 2. The number of carbonyl (C=O) groups excluding carboxylic acids is 2. The molecule has 3 rings (SSSR count). The van der Waals surface area contributed by atoms with E-state index >= 15 is 0 Å². The van der Waals surface area contributed by atoms with Crippen molar-refractivity contribution in [2.75, 3.05) is 23.8 Å². The summed E-state index contributed by atoms with van der Waals surface area (Å²) in [6.07, 6.45) is 0. The Labute approximate surface area is 196 Å². The SMILES string of the molecule is CCOc1cc(NC(=O)c2cccc([N+](=O)[O-])c2C)c(OCC)cc1NC(=O)c1ccccc1. The van der Waals surface area contributed by atoms with E-state index in [-0.39, 0.29) is 22.7 Å². The summed E-state index contributed by atoms with van der Waals surface area (Å²) in [5.41, 5.74) is 1.42. The lowest BCUT2D eigenvalue weighted by molar-refractivity contribution is -0.385. The maximum Gasteiger partial charge on any atom is 0.273 e. The third kappa shape index (κ3) is 5.50. The molecule has 3 aromatic rings. The molecule has 0 atom stereocenters. The van der Waals surface area contributed by atoms with Crippen LogP contribution in [0.15, 0.2) is 60.7 Å². The number of carbonyl (C=O) groups is 2. The van der Waals surface area contributed by atoms with Crippen LogP contribution >= 0.6 is 0 Å². The summed E-state index contributed by atoms with van der Waals surface area (Å²) in [5, 5.41) is 16.8. The van der Waals surface area contributed by atoms with E-state index in [1.165, 1.54) is 25.1 Å². The van der Waals surface area contributed by atoms with Crippen molar-refractivity contribution in [3.8, 4) is 11.5 Å². The number of benzene rings is 3. The summed E-state index contributed by atoms with van der Waals surface area (Å²) in [6, 6.07) is 16.2. The Morgan fingerprint density at radius 3 is 1.94 bits per heavy atom. The fourth-order valence-electron chi connectivity index (χ4n) is 3.35. The Bertz CT molecular complexity index is 1210. The Hall–Kier alpha value is -4.40. The van der Waals surface area contributed by atoms with Gasteiger partial charge in [0.2, 0.25) is 0 Å². The number of nitrogens with zero attached hydrogens (tertiary/aromatic N) is 1. The monoisotopic (exact) mass is 463 g/mol. The number of hydrogen-bond acceptors (Lipinski definition) is 6. The smallest absolute Gasteiger partial charge is 0.273 e. The summed E-state index contributed by atoms with van der Waals surface area (Å²) >= 11 is 0. The van der Waals surface area contributed by atoms with Gasteiger partial charge in [-0.25, -0.2) is 0 Å². The lowest BCUT2D eigenvalue weighted by Gasteiger charge is -2.18. The summed E-state index contributed by atoms with van der Waals surface area (Å²) in [6.45, 7) is 5.72. The summed E-state index contributed by atoms with van der Waals surface area (Å²) < 4.78 is 11.4. The van der Waals surface area contributed by atoms with Crippen LogP contribution in [0.2, 0.25) is 0 Å². The van der Waals surface area contributed by atoms with Crippen molar-refractivity contribution in [2.45, 2.75) is 20.8 Å². The molecule has 0 aliphatic carbocycles. The lowest BCUT2D eigenvalue weighted by atomic mass is 10.1. The highest BCUT2D eigenvalue weighted by Gasteiger charge is 2.21. The van der Waals surface area contributed by atoms with Crippen LogP contribution in [0.25, 0.3) is 0 Å². The van der Waals surface area contributed by atoms with Crippen LogP contribution in [-0.2, 0) is 0 Å². The van der Waals surface area contributed by atoms with E-state index in [0.29, 0.717) is 41.7 Å². The minimum absolute atomic E-state index is 0.147. The maximum absolute atomic E-state index is 13.0. The van der Waals surface area contributed by atoms with Crippen LogP contribution in [0.5, 0.6) is 11.5 Å². The van der Waals surface area contributed by atoms with Crippen molar-refractivity contribution in [1.82, 2.24) is 0 Å². The van der Waals surface area contributed by atoms with Crippen LogP contribution in [-0.4, -0.2) is 30.0 Å². The van der Waals surface area contributed by atoms with Gasteiger partial charge in [-0.15, -0.1) is 0 Å². The summed E-state index contributed by atoms with van der Waals surface area (Å²) in [7, 11) is 0. The van der Waals surface area contributed by atoms with Gasteiger partial charge in [0.15, 0.2) is 0 Å². The van der Waals surface area contributed by atoms with Gasteiger partial charge in [0.25, 0.3) is 17.5 Å². The van der Waals surface area contributed by atoms with E-state index < -0.39 is 10.8 Å². The van der Waals surface area contributed by atoms with Crippen molar-refractivity contribution >= 4 is 28.9 Å². The third-order valence-corrected chi connectivity index (χ3v) is 4.96. The number of nitro groups is 1. The maximum atomic E-state index is 13.0. The first kappa shape index (κ1) is 24.2. The standard InChI is InChI=1S/C25H25N3O6/c1-4-33-22-15-20(27-25(30)18-12-9-13-21(16(18)3)28(31)32)23(34-5-2)14-19(22)26-24(29)17-10-7-6-8-11-17/h6-15H,4-5H2,1-3H3,(H,26,29)(H,27,30). The Kier molecular flexibility index (Phi) is 7.81. The topological polar surface area (TPSA) is 120 Å². The zero-order valence-electron chi connectivity index (χ0n) is 19.1. The van der Waals surface area contributed by atoms with Gasteiger partial charge in [-0.05, 0) is 39.0 Å². The first-order chi connectivity index (χ1) is 16.3. The van der Waals surface area contributed by atoms with E-state index in [1.54, 1.807) is 50.2 Å². The number of rotatable bonds is 9. The van der Waals surface area contributed by atoms with Crippen molar-refractivity contribution < 1.29 is 24.0 Å². The molecule has 0 saturated heterocycles. The average Bonchev–Trinajstić information content (AvgIpc) is 2.82. The molecule has 0 radical (unpaired) electrons. The van der Waals surface area contributed by atoms with Crippen molar-refractivity contribution in [2.24, 2.45) is 0 Å². The molecule has 9 heteroatoms. The molecule has 3 aromatic carbocycles. The average molecular weight is 463 g/mol. The second-order valence-corrected chi connectivity index (χ2v) is 7.19. The van der Waals surface area contributed by atoms with Gasteiger partial charge in [0.1, 0.15) is 11.5 Å². The van der Waals surface area contributed by atoms with Crippen molar-refractivity contribution in [1.29, 1.82) is 0 Å². The Balaban J connectivity index is 1.97. The normalized spacial score (nSPS) is 10.3. The van der Waals surface area contributed by atoms with Gasteiger partial charge in [0.05, 0.1) is 29.5 Å². The molecule has 0 fully saturated rings. The molecule has 0 saturated carbocycles. The first-order valence-electron chi connectivity index (χ1n) is 10.7. The predicted molar refractivity (Wildman–Crippen MR) is 129 cm³/mol. The zero-order chi connectivity index (χ0) is 24.7. The number of nitro benzene ring substituents is 1. The molecule has 0 spiro atoms. The third-order valence-electron chi connectivity index (χ3n) is 4.96. The molecule has 0 heterocycles. The molecular formula is C25H25N3O6. The predicted octanol–water partition coefficient (Wildman–Crippen LogP) is 5.21. The molecule has 9 nitrogen and oxygen atoms in total. The lowest BCUT2D eigenvalue weighted by Crippen LogP contribution is -2.16. The Morgan fingerprint density at radius 1 is 0.853 bits per heavy atom. The van der Waals surface area contributed by atoms with E-state index in [9.17, 15) is 19.7 Å². The number of ether oxygens (including phenoxy) is 2. The van der Waals surface area contributed by atoms with Crippen molar-refractivity contribution in [3.05, 3.63) is 87.5 Å². The van der Waals surface area contributed by atoms with Crippen LogP contribution in [0.1, 0.15) is 40.1 Å². The zero-order valence-corrected chi connectivity index (χ0v) is 19.1. The minimum atomic E-state index is -0.536. The van der Waals surface area contributed by atoms with E-state index in [1.807, 2.05) is 6.07 Å². The highest BCUT2D eigenvalue weighted by atomic mass is 16.6. The number of amides is 2. The van der Waals surface area contributed by atoms with Gasteiger partial charge in [-0.1, -0.05) is 24.3 Å². The van der Waals surface area contributed by atoms with E-state index in [4.69, 9.17) is 9.47 Å². The molecule has 0 aliphatic heterocycles. The highest BCUT2D eigenvalue weighted by Crippen LogP contribution is 2.37. The van der Waals surface area contributed by atoms with E-state index in [0.717, 1.165) is 0 Å². The van der Waals surface area contributed by atoms with Crippen LogP contribution in [0, 0.1) is 17.0 Å². The largest absolute Gasteiger partial charge is 0.492 e. The highest BCUT2D eigenvalue weighted by molar-refractivity contribution is 6.08. The van der Waals surface area contributed by atoms with E-state index in [2.05, 4.69) is 10.6 Å². The van der Waals surface area contributed by atoms with Gasteiger partial charge in [-0.3, -0.25) is 19.7 Å². The van der Waals surface area contributed by atoms with Crippen LogP contribution in [0.4, 0.5) is 17.1 Å². The second-order valence-electron chi connectivity index (χ2n) is 7.19. The molecule has 176 valence electrons. The fraction of sp³-hybridized carbons (Fsp3) is 0.200. The van der Waals surface area contributed by atoms with Gasteiger partial charge >= 0.3 is 0 Å². The molecule has 34 heavy (non-hydrogen) atoms. The minimum Gasteiger partial charge on any atom is -0.492 e. The molecule has 2 amide bonds. The van der Waals surface area contributed by atoms with Crippen LogP contribution in [0.3, 0.4) is 0 Å². The molecule has 0 bridgehead atoms. The fourth-order valence-corrected chi connectivity index (χ4v) is 3.35. The molecule has 0 aromatic heterocycles. The summed E-state index contributed by atoms with van der Waals surface area (Å²) in [5.74, 6) is -0.217. The molecular weight excluding hydrogens is 438 g/mol. The van der Waals surface area contributed by atoms with Gasteiger partial charge in [-0.2, -0.15) is 0 Å². The van der Waals surface area contributed by atoms with Crippen LogP contribution < -0.4 is 20.1 Å².